The molecule has 14 heavy (non-hydrogen) atoms. The number of carbonyl (C=O) groups excluding carboxylic acids is 1. The topological polar surface area (TPSA) is 40.5 Å². The second-order valence-electron chi connectivity index (χ2n) is 4.08. The lowest BCUT2D eigenvalue weighted by Gasteiger charge is -2.15. The summed E-state index contributed by atoms with van der Waals surface area (Å²) in [4.78, 5) is 13.6. The van der Waals surface area contributed by atoms with Gasteiger partial charge in [-0.1, -0.05) is 13.3 Å². The standard InChI is InChI=1S/C11H21NO2/c1-2-10-6-7-12(9-10)11(14)5-3-4-8-13/h10,13H,2-9H2,1H3. The van der Waals surface area contributed by atoms with E-state index in [1.54, 1.807) is 0 Å². The number of aliphatic hydroxyl groups is 1. The molecule has 1 unspecified atom stereocenters. The Kier molecular flexibility index (Phi) is 4.94. The second-order valence-corrected chi connectivity index (χ2v) is 4.08. The molecule has 1 heterocycles. The highest BCUT2D eigenvalue weighted by Gasteiger charge is 2.24. The molecular weight excluding hydrogens is 178 g/mol. The zero-order valence-corrected chi connectivity index (χ0v) is 9.04. The van der Waals surface area contributed by atoms with E-state index in [4.69, 9.17) is 5.11 Å². The van der Waals surface area contributed by atoms with Crippen molar-refractivity contribution in [3.05, 3.63) is 0 Å². The van der Waals surface area contributed by atoms with Gasteiger partial charge >= 0.3 is 0 Å². The lowest BCUT2D eigenvalue weighted by molar-refractivity contribution is -0.130. The molecule has 0 spiro atoms. The molecule has 1 rings (SSSR count). The van der Waals surface area contributed by atoms with Crippen LogP contribution in [0.3, 0.4) is 0 Å². The molecule has 1 aliphatic heterocycles. The Balaban J connectivity index is 2.18. The number of amides is 1. The number of hydrogen-bond acceptors (Lipinski definition) is 2. The molecule has 1 fully saturated rings. The van der Waals surface area contributed by atoms with Gasteiger partial charge in [-0.3, -0.25) is 4.79 Å². The Hall–Kier alpha value is -0.570. The number of nitrogens with zero attached hydrogens (tertiary/aromatic N) is 1. The van der Waals surface area contributed by atoms with E-state index in [1.807, 2.05) is 4.90 Å². The van der Waals surface area contributed by atoms with Crippen LogP contribution in [0.25, 0.3) is 0 Å². The van der Waals surface area contributed by atoms with Crippen molar-refractivity contribution in [1.29, 1.82) is 0 Å². The van der Waals surface area contributed by atoms with Gasteiger partial charge in [0.2, 0.25) is 5.91 Å². The van der Waals surface area contributed by atoms with Crippen LogP contribution in [0.5, 0.6) is 0 Å². The predicted octanol–water partition coefficient (Wildman–Crippen LogP) is 1.41. The van der Waals surface area contributed by atoms with Crippen molar-refractivity contribution >= 4 is 5.91 Å². The maximum absolute atomic E-state index is 11.6. The molecule has 1 N–H and O–H groups in total. The third kappa shape index (κ3) is 3.29. The normalized spacial score (nSPS) is 21.6. The van der Waals surface area contributed by atoms with Gasteiger partial charge in [-0.2, -0.15) is 0 Å². The Bertz CT molecular complexity index is 182. The minimum atomic E-state index is 0.199. The monoisotopic (exact) mass is 199 g/mol. The van der Waals surface area contributed by atoms with Crippen LogP contribution in [0.2, 0.25) is 0 Å². The SMILES string of the molecule is CCC1CCN(C(=O)CCCCO)C1. The minimum Gasteiger partial charge on any atom is -0.396 e. The van der Waals surface area contributed by atoms with Crippen LogP contribution >= 0.6 is 0 Å². The van der Waals surface area contributed by atoms with Crippen LogP contribution in [-0.2, 0) is 4.79 Å². The molecular formula is C11H21NO2. The summed E-state index contributed by atoms with van der Waals surface area (Å²) in [5.74, 6) is 0.992. The van der Waals surface area contributed by atoms with Gasteiger partial charge in [0.25, 0.3) is 0 Å². The van der Waals surface area contributed by atoms with Crippen LogP contribution in [0.1, 0.15) is 39.0 Å². The number of aliphatic hydroxyl groups excluding tert-OH is 1. The van der Waals surface area contributed by atoms with E-state index in [9.17, 15) is 4.79 Å². The Labute approximate surface area is 86.1 Å². The summed E-state index contributed by atoms with van der Waals surface area (Å²) in [7, 11) is 0. The van der Waals surface area contributed by atoms with Crippen molar-refractivity contribution in [3.63, 3.8) is 0 Å². The molecule has 1 amide bonds. The van der Waals surface area contributed by atoms with E-state index < -0.39 is 0 Å². The van der Waals surface area contributed by atoms with E-state index >= 15 is 0 Å². The Morgan fingerprint density at radius 3 is 2.86 bits per heavy atom. The van der Waals surface area contributed by atoms with Crippen molar-refractivity contribution in [2.75, 3.05) is 19.7 Å². The van der Waals surface area contributed by atoms with Crippen molar-refractivity contribution in [2.45, 2.75) is 39.0 Å². The third-order valence-corrected chi connectivity index (χ3v) is 3.01. The van der Waals surface area contributed by atoms with Gasteiger partial charge in [-0.05, 0) is 25.2 Å². The summed E-state index contributed by atoms with van der Waals surface area (Å²) in [6.07, 6.45) is 4.53. The average molecular weight is 199 g/mol. The van der Waals surface area contributed by atoms with Gasteiger partial charge in [0.05, 0.1) is 0 Å². The van der Waals surface area contributed by atoms with Crippen LogP contribution in [0.4, 0.5) is 0 Å². The van der Waals surface area contributed by atoms with Crippen molar-refractivity contribution in [2.24, 2.45) is 5.92 Å². The maximum Gasteiger partial charge on any atom is 0.222 e. The molecule has 0 aromatic rings. The quantitative estimate of drug-likeness (QED) is 0.680. The molecule has 0 bridgehead atoms. The van der Waals surface area contributed by atoms with Gasteiger partial charge in [-0.15, -0.1) is 0 Å². The minimum absolute atomic E-state index is 0.199. The molecule has 3 nitrogen and oxygen atoms in total. The first-order chi connectivity index (χ1) is 6.77. The van der Waals surface area contributed by atoms with E-state index in [-0.39, 0.29) is 12.5 Å². The average Bonchev–Trinajstić information content (AvgIpc) is 2.66. The van der Waals surface area contributed by atoms with Gasteiger partial charge < -0.3 is 10.0 Å². The maximum atomic E-state index is 11.6. The summed E-state index contributed by atoms with van der Waals surface area (Å²) in [6.45, 7) is 4.28. The zero-order chi connectivity index (χ0) is 10.4. The number of rotatable bonds is 5. The van der Waals surface area contributed by atoms with E-state index in [0.717, 1.165) is 31.8 Å². The summed E-state index contributed by atoms with van der Waals surface area (Å²) < 4.78 is 0. The summed E-state index contributed by atoms with van der Waals surface area (Å²) >= 11 is 0. The van der Waals surface area contributed by atoms with E-state index in [2.05, 4.69) is 6.92 Å². The lowest BCUT2D eigenvalue weighted by atomic mass is 10.1. The number of hydrogen-bond donors (Lipinski definition) is 1. The first-order valence-electron chi connectivity index (χ1n) is 5.66. The highest BCUT2D eigenvalue weighted by atomic mass is 16.3. The fourth-order valence-corrected chi connectivity index (χ4v) is 1.94. The first-order valence-corrected chi connectivity index (χ1v) is 5.66. The van der Waals surface area contributed by atoms with Gasteiger partial charge in [0.15, 0.2) is 0 Å². The zero-order valence-electron chi connectivity index (χ0n) is 9.04. The van der Waals surface area contributed by atoms with Gasteiger partial charge in [-0.25, -0.2) is 0 Å². The summed E-state index contributed by atoms with van der Waals surface area (Å²) in [6, 6.07) is 0. The summed E-state index contributed by atoms with van der Waals surface area (Å²) in [5.41, 5.74) is 0. The molecule has 3 heteroatoms. The third-order valence-electron chi connectivity index (χ3n) is 3.01. The molecule has 0 radical (unpaired) electrons. The Morgan fingerprint density at radius 2 is 2.29 bits per heavy atom. The lowest BCUT2D eigenvalue weighted by Crippen LogP contribution is -2.28. The molecule has 0 aliphatic carbocycles. The molecule has 1 aliphatic rings. The molecule has 1 saturated heterocycles. The molecule has 0 aromatic carbocycles. The molecule has 1 atom stereocenters. The smallest absolute Gasteiger partial charge is 0.222 e. The summed E-state index contributed by atoms with van der Waals surface area (Å²) in [5, 5.41) is 8.60. The highest BCUT2D eigenvalue weighted by Crippen LogP contribution is 2.19. The van der Waals surface area contributed by atoms with E-state index in [1.165, 1.54) is 12.8 Å². The fourth-order valence-electron chi connectivity index (χ4n) is 1.94. The highest BCUT2D eigenvalue weighted by molar-refractivity contribution is 5.76. The van der Waals surface area contributed by atoms with E-state index in [0.29, 0.717) is 6.42 Å². The molecule has 82 valence electrons. The number of likely N-dealkylation sites (tertiary alicyclic amines) is 1. The van der Waals surface area contributed by atoms with Crippen LogP contribution in [-0.4, -0.2) is 35.6 Å². The van der Waals surface area contributed by atoms with Crippen LogP contribution < -0.4 is 0 Å². The van der Waals surface area contributed by atoms with Gasteiger partial charge in [0.1, 0.15) is 0 Å². The Morgan fingerprint density at radius 1 is 1.50 bits per heavy atom. The fraction of sp³-hybridized carbons (Fsp3) is 0.909. The van der Waals surface area contributed by atoms with Crippen LogP contribution in [0.15, 0.2) is 0 Å². The van der Waals surface area contributed by atoms with Gasteiger partial charge in [0, 0.05) is 26.1 Å². The number of carbonyl (C=O) groups is 1. The van der Waals surface area contributed by atoms with Crippen molar-refractivity contribution in [3.8, 4) is 0 Å². The largest absolute Gasteiger partial charge is 0.396 e. The van der Waals surface area contributed by atoms with Crippen molar-refractivity contribution in [1.82, 2.24) is 4.90 Å². The second kappa shape index (κ2) is 6.02. The van der Waals surface area contributed by atoms with Crippen LogP contribution in [0, 0.1) is 5.92 Å². The molecule has 0 saturated carbocycles. The molecule has 0 aromatic heterocycles. The number of unbranched alkanes of at least 4 members (excludes halogenated alkanes) is 1. The first kappa shape index (κ1) is 11.5. The van der Waals surface area contributed by atoms with Crippen molar-refractivity contribution < 1.29 is 9.90 Å². The predicted molar refractivity (Wildman–Crippen MR) is 55.9 cm³/mol.